The third kappa shape index (κ3) is 2.48. The summed E-state index contributed by atoms with van der Waals surface area (Å²) in [6, 6.07) is -0.125. The lowest BCUT2D eigenvalue weighted by molar-refractivity contribution is -0.0710. The molecule has 108 valence electrons. The van der Waals surface area contributed by atoms with Crippen LogP contribution in [0.5, 0.6) is 5.75 Å². The zero-order chi connectivity index (χ0) is 13.9. The number of rotatable bonds is 5. The summed E-state index contributed by atoms with van der Waals surface area (Å²) in [5.41, 5.74) is 3.57. The topological polar surface area (TPSA) is 74.3 Å². The number of nitrogens with one attached hydrogen (secondary N) is 1. The summed E-state index contributed by atoms with van der Waals surface area (Å²) in [4.78, 5) is 0. The van der Waals surface area contributed by atoms with Crippen LogP contribution in [0.15, 0.2) is 6.20 Å². The van der Waals surface area contributed by atoms with E-state index in [1.165, 1.54) is 6.42 Å². The lowest BCUT2D eigenvalue weighted by Gasteiger charge is -2.42. The summed E-state index contributed by atoms with van der Waals surface area (Å²) in [5.74, 6) is 6.56. The molecular formula is C13H24N4O2. The first kappa shape index (κ1) is 14.3. The number of ether oxygens (including phenoxy) is 2. The summed E-state index contributed by atoms with van der Waals surface area (Å²) >= 11 is 0. The minimum atomic E-state index is -0.284. The Balaban J connectivity index is 2.39. The zero-order valence-electron chi connectivity index (χ0n) is 12.0. The molecule has 0 aromatic carbocycles. The third-order valence-electron chi connectivity index (χ3n) is 4.24. The summed E-state index contributed by atoms with van der Waals surface area (Å²) in [7, 11) is 5.31. The lowest BCUT2D eigenvalue weighted by atomic mass is 9.78. The molecule has 6 nitrogen and oxygen atoms in total. The average molecular weight is 268 g/mol. The zero-order valence-corrected chi connectivity index (χ0v) is 12.0. The van der Waals surface area contributed by atoms with Crippen molar-refractivity contribution in [1.29, 1.82) is 0 Å². The van der Waals surface area contributed by atoms with Gasteiger partial charge in [0.15, 0.2) is 5.75 Å². The number of aryl methyl sites for hydroxylation is 1. The predicted molar refractivity (Wildman–Crippen MR) is 72.6 cm³/mol. The maximum Gasteiger partial charge on any atom is 0.161 e. The van der Waals surface area contributed by atoms with Gasteiger partial charge in [-0.2, -0.15) is 5.10 Å². The molecule has 1 atom stereocenters. The SMILES string of the molecule is COc1cnn(C)c1C(NN)C1(OC)CCCCC1. The highest BCUT2D eigenvalue weighted by molar-refractivity contribution is 5.30. The van der Waals surface area contributed by atoms with Crippen LogP contribution in [0.2, 0.25) is 0 Å². The second-order valence-corrected chi connectivity index (χ2v) is 5.15. The largest absolute Gasteiger partial charge is 0.493 e. The van der Waals surface area contributed by atoms with Gasteiger partial charge in [-0.1, -0.05) is 19.3 Å². The molecule has 2 rings (SSSR count). The van der Waals surface area contributed by atoms with E-state index in [1.54, 1.807) is 25.1 Å². The Hall–Kier alpha value is -1.11. The maximum atomic E-state index is 5.87. The van der Waals surface area contributed by atoms with Crippen molar-refractivity contribution in [2.24, 2.45) is 12.9 Å². The summed E-state index contributed by atoms with van der Waals surface area (Å²) in [6.45, 7) is 0. The Morgan fingerprint density at radius 2 is 2.05 bits per heavy atom. The van der Waals surface area contributed by atoms with Gasteiger partial charge in [0.1, 0.15) is 5.69 Å². The second-order valence-electron chi connectivity index (χ2n) is 5.15. The number of hydrogen-bond acceptors (Lipinski definition) is 5. The molecule has 19 heavy (non-hydrogen) atoms. The molecular weight excluding hydrogens is 244 g/mol. The number of nitrogens with two attached hydrogens (primary N) is 1. The van der Waals surface area contributed by atoms with Gasteiger partial charge in [0, 0.05) is 14.2 Å². The maximum absolute atomic E-state index is 5.87. The fourth-order valence-electron chi connectivity index (χ4n) is 3.15. The molecule has 0 bridgehead atoms. The number of aromatic nitrogens is 2. The molecule has 0 amide bonds. The van der Waals surface area contributed by atoms with Gasteiger partial charge in [0.2, 0.25) is 0 Å². The van der Waals surface area contributed by atoms with E-state index < -0.39 is 0 Å². The fraction of sp³-hybridized carbons (Fsp3) is 0.769. The standard InChI is InChI=1S/C13H24N4O2/c1-17-11(10(18-2)9-15-17)12(16-14)13(19-3)7-5-4-6-8-13/h9,12,16H,4-8,14H2,1-3H3. The molecule has 1 heterocycles. The molecule has 1 aromatic rings. The highest BCUT2D eigenvalue weighted by Crippen LogP contribution is 2.42. The van der Waals surface area contributed by atoms with E-state index in [0.29, 0.717) is 0 Å². The van der Waals surface area contributed by atoms with Crippen molar-refractivity contribution in [3.63, 3.8) is 0 Å². The van der Waals surface area contributed by atoms with Gasteiger partial charge < -0.3 is 9.47 Å². The highest BCUT2D eigenvalue weighted by Gasteiger charge is 2.43. The first-order valence-electron chi connectivity index (χ1n) is 6.75. The van der Waals surface area contributed by atoms with Crippen LogP contribution >= 0.6 is 0 Å². The van der Waals surface area contributed by atoms with Crippen LogP contribution in [-0.4, -0.2) is 29.6 Å². The van der Waals surface area contributed by atoms with Crippen molar-refractivity contribution < 1.29 is 9.47 Å². The molecule has 1 aliphatic carbocycles. The number of hydrogen-bond donors (Lipinski definition) is 2. The van der Waals surface area contributed by atoms with Crippen LogP contribution in [-0.2, 0) is 11.8 Å². The Morgan fingerprint density at radius 1 is 1.37 bits per heavy atom. The fourth-order valence-corrected chi connectivity index (χ4v) is 3.15. The Morgan fingerprint density at radius 3 is 2.58 bits per heavy atom. The minimum Gasteiger partial charge on any atom is -0.493 e. The van der Waals surface area contributed by atoms with E-state index in [4.69, 9.17) is 15.3 Å². The van der Waals surface area contributed by atoms with Crippen molar-refractivity contribution >= 4 is 0 Å². The predicted octanol–water partition coefficient (Wildman–Crippen LogP) is 1.28. The van der Waals surface area contributed by atoms with Gasteiger partial charge in [-0.05, 0) is 12.8 Å². The summed E-state index contributed by atoms with van der Waals surface area (Å²) in [5, 5.41) is 4.26. The molecule has 0 radical (unpaired) electrons. The smallest absolute Gasteiger partial charge is 0.161 e. The molecule has 1 unspecified atom stereocenters. The van der Waals surface area contributed by atoms with Crippen molar-refractivity contribution in [3.8, 4) is 5.75 Å². The van der Waals surface area contributed by atoms with Crippen LogP contribution in [0.3, 0.4) is 0 Å². The summed E-state index contributed by atoms with van der Waals surface area (Å²) < 4.78 is 13.1. The van der Waals surface area contributed by atoms with Crippen LogP contribution in [0.25, 0.3) is 0 Å². The van der Waals surface area contributed by atoms with Crippen LogP contribution < -0.4 is 16.0 Å². The molecule has 0 aliphatic heterocycles. The van der Waals surface area contributed by atoms with E-state index in [9.17, 15) is 0 Å². The molecule has 3 N–H and O–H groups in total. The molecule has 1 fully saturated rings. The van der Waals surface area contributed by atoms with Crippen molar-refractivity contribution in [2.75, 3.05) is 14.2 Å². The first-order chi connectivity index (χ1) is 9.18. The van der Waals surface area contributed by atoms with Crippen molar-refractivity contribution in [1.82, 2.24) is 15.2 Å². The second kappa shape index (κ2) is 5.90. The monoisotopic (exact) mass is 268 g/mol. The van der Waals surface area contributed by atoms with Gasteiger partial charge in [-0.3, -0.25) is 10.5 Å². The Bertz CT molecular complexity index is 413. The highest BCUT2D eigenvalue weighted by atomic mass is 16.5. The van der Waals surface area contributed by atoms with Crippen molar-refractivity contribution in [3.05, 3.63) is 11.9 Å². The minimum absolute atomic E-state index is 0.125. The van der Waals surface area contributed by atoms with E-state index in [2.05, 4.69) is 10.5 Å². The van der Waals surface area contributed by atoms with E-state index in [1.807, 2.05) is 7.05 Å². The van der Waals surface area contributed by atoms with E-state index in [-0.39, 0.29) is 11.6 Å². The lowest BCUT2D eigenvalue weighted by Crippen LogP contribution is -2.50. The van der Waals surface area contributed by atoms with Gasteiger partial charge >= 0.3 is 0 Å². The molecule has 1 aliphatic rings. The number of methoxy groups -OCH3 is 2. The molecule has 1 aromatic heterocycles. The van der Waals surface area contributed by atoms with Crippen LogP contribution in [0.4, 0.5) is 0 Å². The average Bonchev–Trinajstić information content (AvgIpc) is 2.82. The van der Waals surface area contributed by atoms with Gasteiger partial charge in [-0.15, -0.1) is 0 Å². The first-order valence-corrected chi connectivity index (χ1v) is 6.75. The summed E-state index contributed by atoms with van der Waals surface area (Å²) in [6.07, 6.45) is 7.27. The number of nitrogens with zero attached hydrogens (tertiary/aromatic N) is 2. The van der Waals surface area contributed by atoms with Gasteiger partial charge in [0.25, 0.3) is 0 Å². The Labute approximate surface area is 114 Å². The molecule has 1 saturated carbocycles. The van der Waals surface area contributed by atoms with Crippen LogP contribution in [0, 0.1) is 0 Å². The van der Waals surface area contributed by atoms with Gasteiger partial charge in [-0.25, -0.2) is 5.43 Å². The molecule has 0 spiro atoms. The Kier molecular flexibility index (Phi) is 4.44. The van der Waals surface area contributed by atoms with Gasteiger partial charge in [0.05, 0.1) is 24.9 Å². The van der Waals surface area contributed by atoms with Crippen molar-refractivity contribution in [2.45, 2.75) is 43.7 Å². The molecule has 0 saturated heterocycles. The van der Waals surface area contributed by atoms with E-state index >= 15 is 0 Å². The van der Waals surface area contributed by atoms with Crippen LogP contribution in [0.1, 0.15) is 43.8 Å². The quantitative estimate of drug-likeness (QED) is 0.621. The number of hydrazine groups is 1. The normalized spacial score (nSPS) is 20.2. The third-order valence-corrected chi connectivity index (χ3v) is 4.24. The molecule has 6 heteroatoms. The van der Waals surface area contributed by atoms with E-state index in [0.717, 1.165) is 37.1 Å².